The number of likely N-dealkylation sites (tertiary alicyclic amines) is 2. The van der Waals surface area contributed by atoms with Crippen molar-refractivity contribution in [3.05, 3.63) is 51.7 Å². The lowest BCUT2D eigenvalue weighted by Crippen LogP contribution is -2.50. The topological polar surface area (TPSA) is 35.6 Å². The molecule has 150 valence electrons. The van der Waals surface area contributed by atoms with Crippen LogP contribution < -0.4 is 5.32 Å². The number of piperazine rings is 1. The molecule has 0 aliphatic carbocycles. The molecule has 8 heteroatoms. The van der Waals surface area contributed by atoms with Gasteiger partial charge in [-0.1, -0.05) is 0 Å². The zero-order chi connectivity index (χ0) is 20.1. The molecule has 2 aliphatic heterocycles. The van der Waals surface area contributed by atoms with Crippen molar-refractivity contribution in [3.8, 4) is 0 Å². The van der Waals surface area contributed by atoms with Gasteiger partial charge in [-0.25, -0.2) is 4.79 Å². The molecular weight excluding hydrogens is 387 g/mol. The van der Waals surface area contributed by atoms with Gasteiger partial charge in [-0.3, -0.25) is 4.90 Å². The van der Waals surface area contributed by atoms with E-state index in [2.05, 4.69) is 35.5 Å². The van der Waals surface area contributed by atoms with Crippen LogP contribution in [0.2, 0.25) is 0 Å². The molecule has 28 heavy (non-hydrogen) atoms. The molecule has 0 saturated carbocycles. The van der Waals surface area contributed by atoms with Gasteiger partial charge in [-0.15, -0.1) is 11.3 Å². The van der Waals surface area contributed by atoms with Crippen molar-refractivity contribution in [2.75, 3.05) is 18.4 Å². The third-order valence-corrected chi connectivity index (χ3v) is 6.98. The van der Waals surface area contributed by atoms with E-state index in [1.54, 1.807) is 11.3 Å². The Morgan fingerprint density at radius 3 is 2.43 bits per heavy atom. The Morgan fingerprint density at radius 1 is 1.18 bits per heavy atom. The van der Waals surface area contributed by atoms with Gasteiger partial charge in [0.1, 0.15) is 0 Å². The fourth-order valence-electron chi connectivity index (χ4n) is 4.32. The summed E-state index contributed by atoms with van der Waals surface area (Å²) in [5.74, 6) is 0. The predicted octanol–water partition coefficient (Wildman–Crippen LogP) is 5.13. The van der Waals surface area contributed by atoms with E-state index < -0.39 is 11.7 Å². The molecule has 1 aromatic carbocycles. The Bertz CT molecular complexity index is 864. The number of thiophene rings is 1. The van der Waals surface area contributed by atoms with Crippen LogP contribution in [-0.2, 0) is 6.18 Å². The lowest BCUT2D eigenvalue weighted by molar-refractivity contribution is -0.137. The highest BCUT2D eigenvalue weighted by atomic mass is 32.1. The third-order valence-electron chi connectivity index (χ3n) is 5.79. The van der Waals surface area contributed by atoms with Gasteiger partial charge in [0.25, 0.3) is 0 Å². The summed E-state index contributed by atoms with van der Waals surface area (Å²) in [6.45, 7) is 5.81. The largest absolute Gasteiger partial charge is 0.416 e. The van der Waals surface area contributed by atoms with Crippen molar-refractivity contribution in [1.82, 2.24) is 9.80 Å². The minimum Gasteiger partial charge on any atom is -0.319 e. The molecule has 2 amide bonds. The number of halogens is 3. The number of fused-ring (bicyclic) bond motifs is 2. The van der Waals surface area contributed by atoms with E-state index in [-0.39, 0.29) is 12.1 Å². The second kappa shape index (κ2) is 7.08. The third kappa shape index (κ3) is 3.51. The summed E-state index contributed by atoms with van der Waals surface area (Å²) in [4.78, 5) is 18.3. The molecule has 3 heterocycles. The number of anilines is 1. The maximum Gasteiger partial charge on any atom is 0.416 e. The van der Waals surface area contributed by atoms with Crippen molar-refractivity contribution in [1.29, 1.82) is 0 Å². The SMILES string of the molecule is Cc1ccsc1C(C)N1CC2CC1CN2C(=O)Nc1ccc(C(F)(F)F)cc1. The molecule has 2 aliphatic rings. The highest BCUT2D eigenvalue weighted by molar-refractivity contribution is 7.10. The summed E-state index contributed by atoms with van der Waals surface area (Å²) in [7, 11) is 0. The van der Waals surface area contributed by atoms with Crippen molar-refractivity contribution in [2.45, 2.75) is 44.6 Å². The number of hydrogen-bond acceptors (Lipinski definition) is 3. The predicted molar refractivity (Wildman–Crippen MR) is 104 cm³/mol. The van der Waals surface area contributed by atoms with Crippen molar-refractivity contribution >= 4 is 23.1 Å². The van der Waals surface area contributed by atoms with Gasteiger partial charge < -0.3 is 10.2 Å². The minimum atomic E-state index is -4.38. The van der Waals surface area contributed by atoms with E-state index in [4.69, 9.17) is 0 Å². The molecular formula is C20H22F3N3OS. The number of alkyl halides is 3. The van der Waals surface area contributed by atoms with E-state index in [0.29, 0.717) is 24.3 Å². The Morgan fingerprint density at radius 2 is 1.89 bits per heavy atom. The average Bonchev–Trinajstić information content (AvgIpc) is 3.36. The molecule has 2 aromatic rings. The Balaban J connectivity index is 1.38. The molecule has 2 fully saturated rings. The van der Waals surface area contributed by atoms with Gasteiger partial charge >= 0.3 is 12.2 Å². The van der Waals surface area contributed by atoms with Gasteiger partial charge in [0.2, 0.25) is 0 Å². The van der Waals surface area contributed by atoms with Crippen molar-refractivity contribution in [3.63, 3.8) is 0 Å². The van der Waals surface area contributed by atoms with Crippen LogP contribution in [-0.4, -0.2) is 41.0 Å². The number of amides is 2. The van der Waals surface area contributed by atoms with Crippen LogP contribution in [0.1, 0.15) is 35.4 Å². The molecule has 1 N–H and O–H groups in total. The fraction of sp³-hybridized carbons (Fsp3) is 0.450. The Labute approximate surface area is 165 Å². The van der Waals surface area contributed by atoms with E-state index in [1.807, 2.05) is 4.90 Å². The van der Waals surface area contributed by atoms with E-state index in [0.717, 1.165) is 25.1 Å². The Kier molecular flexibility index (Phi) is 4.87. The van der Waals surface area contributed by atoms with E-state index in [9.17, 15) is 18.0 Å². The maximum absolute atomic E-state index is 12.7. The van der Waals surface area contributed by atoms with Crippen LogP contribution in [0.25, 0.3) is 0 Å². The number of nitrogens with one attached hydrogen (secondary N) is 1. The number of carbonyl (C=O) groups is 1. The first-order valence-electron chi connectivity index (χ1n) is 9.28. The minimum absolute atomic E-state index is 0.141. The highest BCUT2D eigenvalue weighted by Crippen LogP contribution is 2.39. The highest BCUT2D eigenvalue weighted by Gasteiger charge is 2.47. The lowest BCUT2D eigenvalue weighted by atomic mass is 10.1. The first-order chi connectivity index (χ1) is 13.2. The first-order valence-corrected chi connectivity index (χ1v) is 10.2. The lowest BCUT2D eigenvalue weighted by Gasteiger charge is -2.37. The van der Waals surface area contributed by atoms with Crippen LogP contribution in [0.3, 0.4) is 0 Å². The summed E-state index contributed by atoms with van der Waals surface area (Å²) >= 11 is 1.77. The van der Waals surface area contributed by atoms with E-state index >= 15 is 0 Å². The summed E-state index contributed by atoms with van der Waals surface area (Å²) in [6.07, 6.45) is -3.44. The molecule has 4 nitrogen and oxygen atoms in total. The zero-order valence-corrected chi connectivity index (χ0v) is 16.5. The van der Waals surface area contributed by atoms with Crippen LogP contribution >= 0.6 is 11.3 Å². The fourth-order valence-corrected chi connectivity index (χ4v) is 5.33. The average molecular weight is 409 g/mol. The zero-order valence-electron chi connectivity index (χ0n) is 15.7. The van der Waals surface area contributed by atoms with Gasteiger partial charge in [0.15, 0.2) is 0 Å². The number of aryl methyl sites for hydroxylation is 1. The normalized spacial score (nSPS) is 23.2. The Hall–Kier alpha value is -2.06. The first kappa shape index (κ1) is 19.3. The summed E-state index contributed by atoms with van der Waals surface area (Å²) < 4.78 is 38.0. The van der Waals surface area contributed by atoms with E-state index in [1.165, 1.54) is 22.6 Å². The number of carbonyl (C=O) groups excluding carboxylic acids is 1. The van der Waals surface area contributed by atoms with Crippen molar-refractivity contribution < 1.29 is 18.0 Å². The standard InChI is InChI=1S/C20H22F3N3OS/c1-12-7-8-28-18(12)13(2)25-10-17-9-16(25)11-26(17)19(27)24-15-5-3-14(4-6-15)20(21,22)23/h3-8,13,16-17H,9-11H2,1-2H3,(H,24,27). The van der Waals surface area contributed by atoms with Crippen LogP contribution in [0.5, 0.6) is 0 Å². The molecule has 3 atom stereocenters. The number of rotatable bonds is 3. The molecule has 3 unspecified atom stereocenters. The van der Waals surface area contributed by atoms with Gasteiger partial charge in [0, 0.05) is 41.8 Å². The molecule has 4 rings (SSSR count). The molecule has 2 saturated heterocycles. The van der Waals surface area contributed by atoms with Crippen LogP contribution in [0, 0.1) is 6.92 Å². The molecule has 0 radical (unpaired) electrons. The van der Waals surface area contributed by atoms with Gasteiger partial charge in [-0.05, 0) is 61.5 Å². The van der Waals surface area contributed by atoms with Crippen molar-refractivity contribution in [2.24, 2.45) is 0 Å². The smallest absolute Gasteiger partial charge is 0.319 e. The summed E-state index contributed by atoms with van der Waals surface area (Å²) in [5.41, 5.74) is 0.955. The van der Waals surface area contributed by atoms with Gasteiger partial charge in [-0.2, -0.15) is 13.2 Å². The van der Waals surface area contributed by atoms with Gasteiger partial charge in [0.05, 0.1) is 5.56 Å². The monoisotopic (exact) mass is 409 g/mol. The summed E-state index contributed by atoms with van der Waals surface area (Å²) in [5, 5.41) is 4.84. The number of urea groups is 1. The second-order valence-corrected chi connectivity index (χ2v) is 8.49. The van der Waals surface area contributed by atoms with Crippen LogP contribution in [0.15, 0.2) is 35.7 Å². The molecule has 2 bridgehead atoms. The van der Waals surface area contributed by atoms with Crippen LogP contribution in [0.4, 0.5) is 23.7 Å². The summed E-state index contributed by atoms with van der Waals surface area (Å²) in [6, 6.07) is 7.24. The number of benzene rings is 1. The second-order valence-electron chi connectivity index (χ2n) is 7.54. The maximum atomic E-state index is 12.7. The molecule has 1 aromatic heterocycles. The number of hydrogen-bond donors (Lipinski definition) is 1. The molecule has 0 spiro atoms. The quantitative estimate of drug-likeness (QED) is 0.763. The number of nitrogens with zero attached hydrogens (tertiary/aromatic N) is 2.